The van der Waals surface area contributed by atoms with Gasteiger partial charge < -0.3 is 13.9 Å². The Morgan fingerprint density at radius 1 is 1.03 bits per heavy atom. The number of carbonyl (C=O) groups excluding carboxylic acids is 1. The Kier molecular flexibility index (Phi) is 5.02. The molecule has 1 aliphatic carbocycles. The summed E-state index contributed by atoms with van der Waals surface area (Å²) in [6, 6.07) is 15.0. The molecule has 0 saturated heterocycles. The smallest absolute Gasteiger partial charge is 0.343 e. The van der Waals surface area contributed by atoms with Gasteiger partial charge in [-0.3, -0.25) is 4.79 Å². The highest BCUT2D eigenvalue weighted by Crippen LogP contribution is 2.42. The second kappa shape index (κ2) is 7.79. The normalized spacial score (nSPS) is 10.9. The number of hydrogen-bond donors (Lipinski definition) is 0. The van der Waals surface area contributed by atoms with E-state index in [0.717, 1.165) is 27.6 Å². The molecule has 0 saturated carbocycles. The summed E-state index contributed by atoms with van der Waals surface area (Å²) in [7, 11) is 1.30. The fourth-order valence-corrected chi connectivity index (χ4v) is 3.41. The lowest BCUT2D eigenvalue weighted by atomic mass is 9.91. The van der Waals surface area contributed by atoms with Crippen LogP contribution in [0.15, 0.2) is 69.0 Å². The predicted molar refractivity (Wildman–Crippen MR) is 112 cm³/mol. The van der Waals surface area contributed by atoms with Crippen LogP contribution in [0.3, 0.4) is 0 Å². The minimum absolute atomic E-state index is 0.176. The Morgan fingerprint density at radius 2 is 1.83 bits per heavy atom. The third-order valence-corrected chi connectivity index (χ3v) is 4.83. The molecule has 0 bridgehead atoms. The molecule has 1 heterocycles. The maximum atomic E-state index is 11.9. The van der Waals surface area contributed by atoms with E-state index < -0.39 is 5.97 Å². The summed E-state index contributed by atoms with van der Waals surface area (Å²) in [4.78, 5) is 34.1. The van der Waals surface area contributed by atoms with Crippen molar-refractivity contribution >= 4 is 22.6 Å². The number of carbonyl (C=O) groups is 1. The zero-order chi connectivity index (χ0) is 21.3. The standard InChI is InChI=1S/C23H17NO6/c1-13-9-16(29-12-22(26)28-2)5-8-17(13)23-18-6-3-14(24-27)10-20(18)30-21-11-15(25)4-7-19(21)23/h3-11H,12H2,1-2H3. The van der Waals surface area contributed by atoms with Gasteiger partial charge in [-0.25, -0.2) is 4.79 Å². The molecule has 0 N–H and O–H groups in total. The number of rotatable bonds is 5. The van der Waals surface area contributed by atoms with E-state index in [1.807, 2.05) is 19.1 Å². The largest absolute Gasteiger partial charge is 0.482 e. The van der Waals surface area contributed by atoms with Crippen molar-refractivity contribution < 1.29 is 18.7 Å². The van der Waals surface area contributed by atoms with E-state index in [-0.39, 0.29) is 17.7 Å². The number of aryl methyl sites for hydroxylation is 1. The first kappa shape index (κ1) is 19.3. The molecule has 0 spiro atoms. The minimum Gasteiger partial charge on any atom is -0.482 e. The second-order valence-electron chi connectivity index (χ2n) is 6.75. The number of nitroso groups, excluding NO2 is 1. The van der Waals surface area contributed by atoms with Gasteiger partial charge in [-0.1, -0.05) is 6.07 Å². The second-order valence-corrected chi connectivity index (χ2v) is 6.75. The number of ether oxygens (including phenoxy) is 2. The van der Waals surface area contributed by atoms with Crippen LogP contribution in [0.5, 0.6) is 5.75 Å². The van der Waals surface area contributed by atoms with E-state index in [9.17, 15) is 14.5 Å². The number of nitrogens with zero attached hydrogens (tertiary/aromatic N) is 1. The van der Waals surface area contributed by atoms with Gasteiger partial charge in [-0.2, -0.15) is 0 Å². The van der Waals surface area contributed by atoms with E-state index in [2.05, 4.69) is 9.91 Å². The highest BCUT2D eigenvalue weighted by Gasteiger charge is 2.19. The summed E-state index contributed by atoms with van der Waals surface area (Å²) in [5.74, 6) is 0.482. The third kappa shape index (κ3) is 3.53. The maximum Gasteiger partial charge on any atom is 0.343 e. The van der Waals surface area contributed by atoms with Gasteiger partial charge in [-0.15, -0.1) is 4.91 Å². The molecule has 0 fully saturated rings. The lowest BCUT2D eigenvalue weighted by Crippen LogP contribution is -2.12. The van der Waals surface area contributed by atoms with Crippen LogP contribution < -0.4 is 10.2 Å². The van der Waals surface area contributed by atoms with E-state index in [1.54, 1.807) is 30.3 Å². The lowest BCUT2D eigenvalue weighted by molar-refractivity contribution is -0.142. The van der Waals surface area contributed by atoms with Gasteiger partial charge in [0.25, 0.3) is 0 Å². The van der Waals surface area contributed by atoms with Gasteiger partial charge in [0.2, 0.25) is 0 Å². The average Bonchev–Trinajstić information content (AvgIpc) is 2.75. The Bertz CT molecular complexity index is 1310. The van der Waals surface area contributed by atoms with Crippen LogP contribution in [0.1, 0.15) is 5.56 Å². The molecule has 0 amide bonds. The first-order chi connectivity index (χ1) is 14.5. The van der Waals surface area contributed by atoms with Crippen LogP contribution in [-0.2, 0) is 9.53 Å². The van der Waals surface area contributed by atoms with Crippen molar-refractivity contribution in [1.82, 2.24) is 0 Å². The monoisotopic (exact) mass is 403 g/mol. The van der Waals surface area contributed by atoms with Gasteiger partial charge in [0, 0.05) is 28.6 Å². The van der Waals surface area contributed by atoms with Crippen molar-refractivity contribution in [2.24, 2.45) is 5.18 Å². The van der Waals surface area contributed by atoms with Crippen LogP contribution >= 0.6 is 0 Å². The summed E-state index contributed by atoms with van der Waals surface area (Å²) in [6.45, 7) is 1.74. The SMILES string of the molecule is COC(=O)COc1ccc(-c2c3ccc(=O)cc-3oc3cc(N=O)ccc23)c(C)c1. The highest BCUT2D eigenvalue weighted by atomic mass is 16.6. The third-order valence-electron chi connectivity index (χ3n) is 4.83. The van der Waals surface area contributed by atoms with Crippen molar-refractivity contribution in [3.05, 3.63) is 75.3 Å². The van der Waals surface area contributed by atoms with E-state index in [1.165, 1.54) is 19.2 Å². The minimum atomic E-state index is -0.466. The summed E-state index contributed by atoms with van der Waals surface area (Å²) in [6.07, 6.45) is 0. The molecule has 0 radical (unpaired) electrons. The number of benzene rings is 3. The summed E-state index contributed by atoms with van der Waals surface area (Å²) in [5, 5.41) is 3.74. The van der Waals surface area contributed by atoms with Gasteiger partial charge in [0.15, 0.2) is 12.0 Å². The molecule has 1 aliphatic heterocycles. The zero-order valence-corrected chi connectivity index (χ0v) is 16.3. The van der Waals surface area contributed by atoms with Crippen molar-refractivity contribution in [2.45, 2.75) is 6.92 Å². The molecule has 7 heteroatoms. The lowest BCUT2D eigenvalue weighted by Gasteiger charge is -2.17. The van der Waals surface area contributed by atoms with Crippen LogP contribution in [0.25, 0.3) is 33.4 Å². The van der Waals surface area contributed by atoms with Crippen LogP contribution in [0, 0.1) is 11.8 Å². The predicted octanol–water partition coefficient (Wildman–Crippen LogP) is 4.82. The maximum absolute atomic E-state index is 11.9. The van der Waals surface area contributed by atoms with Gasteiger partial charge >= 0.3 is 5.97 Å². The first-order valence-corrected chi connectivity index (χ1v) is 9.15. The summed E-state index contributed by atoms with van der Waals surface area (Å²) in [5.41, 5.74) is 3.93. The highest BCUT2D eigenvalue weighted by molar-refractivity contribution is 6.03. The molecule has 2 aromatic rings. The average molecular weight is 403 g/mol. The summed E-state index contributed by atoms with van der Waals surface area (Å²) < 4.78 is 16.0. The molecule has 150 valence electrons. The fourth-order valence-electron chi connectivity index (χ4n) is 3.41. The van der Waals surface area contributed by atoms with Gasteiger partial charge in [0.05, 0.1) is 7.11 Å². The Balaban J connectivity index is 1.91. The van der Waals surface area contributed by atoms with Gasteiger partial charge in [0.1, 0.15) is 22.8 Å². The quantitative estimate of drug-likeness (QED) is 0.269. The first-order valence-electron chi connectivity index (χ1n) is 9.15. The van der Waals surface area contributed by atoms with Crippen LogP contribution in [0.4, 0.5) is 5.69 Å². The Hall–Kier alpha value is -4.00. The van der Waals surface area contributed by atoms with Crippen molar-refractivity contribution in [3.8, 4) is 28.2 Å². The molecule has 2 aromatic carbocycles. The molecular formula is C23H17NO6. The van der Waals surface area contributed by atoms with Crippen LogP contribution in [-0.4, -0.2) is 19.7 Å². The van der Waals surface area contributed by atoms with E-state index >= 15 is 0 Å². The van der Waals surface area contributed by atoms with Crippen molar-refractivity contribution in [3.63, 3.8) is 0 Å². The number of fused-ring (bicyclic) bond motifs is 2. The summed E-state index contributed by atoms with van der Waals surface area (Å²) >= 11 is 0. The number of esters is 1. The molecule has 2 aliphatic rings. The fraction of sp³-hybridized carbons (Fsp3) is 0.130. The molecule has 4 rings (SSSR count). The van der Waals surface area contributed by atoms with Crippen molar-refractivity contribution in [1.29, 1.82) is 0 Å². The Morgan fingerprint density at radius 3 is 2.57 bits per heavy atom. The van der Waals surface area contributed by atoms with Gasteiger partial charge in [-0.05, 0) is 59.6 Å². The molecule has 0 unspecified atom stereocenters. The topological polar surface area (TPSA) is 95.2 Å². The molecule has 0 atom stereocenters. The molecular weight excluding hydrogens is 386 g/mol. The number of methoxy groups -OCH3 is 1. The zero-order valence-electron chi connectivity index (χ0n) is 16.3. The van der Waals surface area contributed by atoms with Crippen LogP contribution in [0.2, 0.25) is 0 Å². The molecule has 7 nitrogen and oxygen atoms in total. The number of hydrogen-bond acceptors (Lipinski definition) is 7. The van der Waals surface area contributed by atoms with Crippen molar-refractivity contribution in [2.75, 3.05) is 13.7 Å². The molecule has 0 aromatic heterocycles. The van der Waals surface area contributed by atoms with E-state index in [0.29, 0.717) is 17.1 Å². The molecule has 30 heavy (non-hydrogen) atoms. The Labute approximate surface area is 171 Å². The van der Waals surface area contributed by atoms with E-state index in [4.69, 9.17) is 9.15 Å².